The van der Waals surface area contributed by atoms with Crippen LogP contribution in [-0.2, 0) is 14.4 Å². The number of rotatable bonds is 6. The summed E-state index contributed by atoms with van der Waals surface area (Å²) in [4.78, 5) is 50.1. The van der Waals surface area contributed by atoms with Crippen LogP contribution in [0, 0.1) is 19.8 Å². The minimum absolute atomic E-state index is 0.0364. The third-order valence-corrected chi connectivity index (χ3v) is 4.39. The Morgan fingerprint density at radius 1 is 1.00 bits per heavy atom. The largest absolute Gasteiger partial charge is 0.348 e. The minimum atomic E-state index is -0.954. The summed E-state index contributed by atoms with van der Waals surface area (Å²) in [5.41, 5.74) is 3.20. The van der Waals surface area contributed by atoms with Crippen LogP contribution in [0.25, 0.3) is 0 Å². The van der Waals surface area contributed by atoms with Crippen LogP contribution in [0.5, 0.6) is 0 Å². The Kier molecular flexibility index (Phi) is 5.79. The van der Waals surface area contributed by atoms with E-state index in [4.69, 9.17) is 0 Å². The zero-order valence-electron chi connectivity index (χ0n) is 15.8. The van der Waals surface area contributed by atoms with Crippen molar-refractivity contribution in [3.05, 3.63) is 34.9 Å². The monoisotopic (exact) mass is 359 g/mol. The number of carbonyl (C=O) groups is 4. The first-order valence-corrected chi connectivity index (χ1v) is 8.65. The van der Waals surface area contributed by atoms with E-state index >= 15 is 0 Å². The van der Waals surface area contributed by atoms with Gasteiger partial charge in [-0.3, -0.25) is 19.3 Å². The highest BCUT2D eigenvalue weighted by Crippen LogP contribution is 2.17. The van der Waals surface area contributed by atoms with Crippen LogP contribution < -0.4 is 5.32 Å². The van der Waals surface area contributed by atoms with E-state index in [0.717, 1.165) is 21.6 Å². The molecule has 0 unspecified atom stereocenters. The van der Waals surface area contributed by atoms with Gasteiger partial charge in [-0.05, 0) is 43.4 Å². The average molecular weight is 359 g/mol. The van der Waals surface area contributed by atoms with E-state index in [1.807, 2.05) is 52.8 Å². The lowest BCUT2D eigenvalue weighted by Gasteiger charge is -2.19. The van der Waals surface area contributed by atoms with Gasteiger partial charge in [0.2, 0.25) is 5.91 Å². The maximum atomic E-state index is 12.3. The third kappa shape index (κ3) is 4.09. The van der Waals surface area contributed by atoms with Gasteiger partial charge in [-0.25, -0.2) is 9.69 Å². The number of aryl methyl sites for hydroxylation is 2. The van der Waals surface area contributed by atoms with Crippen molar-refractivity contribution in [2.45, 2.75) is 40.7 Å². The molecule has 1 heterocycles. The van der Waals surface area contributed by atoms with E-state index in [2.05, 4.69) is 5.32 Å². The molecule has 1 atom stereocenters. The van der Waals surface area contributed by atoms with Gasteiger partial charge in [0.15, 0.2) is 0 Å². The number of hydrogen-bond acceptors (Lipinski definition) is 4. The van der Waals surface area contributed by atoms with Gasteiger partial charge in [-0.1, -0.05) is 32.0 Å². The number of nitrogens with one attached hydrogen (secondary N) is 1. The fourth-order valence-electron chi connectivity index (χ4n) is 2.76. The molecular formula is C19H25N3O4. The molecule has 1 saturated heterocycles. The highest BCUT2D eigenvalue weighted by atomic mass is 16.2. The zero-order chi connectivity index (χ0) is 19.6. The highest BCUT2D eigenvalue weighted by Gasteiger charge is 2.45. The Balaban J connectivity index is 2.02. The lowest BCUT2D eigenvalue weighted by atomic mass is 10.0. The van der Waals surface area contributed by atoms with Gasteiger partial charge in [-0.2, -0.15) is 0 Å². The predicted molar refractivity (Wildman–Crippen MR) is 96.1 cm³/mol. The normalized spacial score (nSPS) is 15.8. The van der Waals surface area contributed by atoms with E-state index in [1.165, 1.54) is 0 Å². The van der Waals surface area contributed by atoms with Crippen molar-refractivity contribution in [2.24, 2.45) is 5.92 Å². The van der Waals surface area contributed by atoms with Crippen molar-refractivity contribution in [3.63, 3.8) is 0 Å². The molecule has 1 fully saturated rings. The van der Waals surface area contributed by atoms with E-state index in [0.29, 0.717) is 4.90 Å². The zero-order valence-corrected chi connectivity index (χ0v) is 15.8. The van der Waals surface area contributed by atoms with Crippen molar-refractivity contribution >= 4 is 23.8 Å². The molecule has 0 aromatic heterocycles. The Bertz CT molecular complexity index is 757. The van der Waals surface area contributed by atoms with E-state index in [1.54, 1.807) is 0 Å². The number of imide groups is 2. The smallest absolute Gasteiger partial charge is 0.334 e. The van der Waals surface area contributed by atoms with Crippen LogP contribution in [0.1, 0.15) is 43.5 Å². The summed E-state index contributed by atoms with van der Waals surface area (Å²) < 4.78 is 0. The molecule has 1 N–H and O–H groups in total. The molecule has 1 aromatic carbocycles. The van der Waals surface area contributed by atoms with Crippen LogP contribution in [0.15, 0.2) is 18.2 Å². The van der Waals surface area contributed by atoms with E-state index in [-0.39, 0.29) is 18.5 Å². The minimum Gasteiger partial charge on any atom is -0.348 e. The molecule has 1 aliphatic heterocycles. The molecular weight excluding hydrogens is 334 g/mol. The first-order valence-electron chi connectivity index (χ1n) is 8.65. The highest BCUT2D eigenvalue weighted by molar-refractivity contribution is 6.45. The fraction of sp³-hybridized carbons (Fsp3) is 0.474. The summed E-state index contributed by atoms with van der Waals surface area (Å²) >= 11 is 0. The molecule has 5 amide bonds. The van der Waals surface area contributed by atoms with Crippen molar-refractivity contribution in [3.8, 4) is 0 Å². The lowest BCUT2D eigenvalue weighted by molar-refractivity contribution is -0.144. The molecule has 7 heteroatoms. The number of amides is 5. The van der Waals surface area contributed by atoms with E-state index in [9.17, 15) is 19.2 Å². The molecule has 2 rings (SSSR count). The maximum absolute atomic E-state index is 12.3. The quantitative estimate of drug-likeness (QED) is 0.621. The first kappa shape index (κ1) is 19.6. The van der Waals surface area contributed by atoms with Crippen molar-refractivity contribution in [2.75, 3.05) is 13.1 Å². The molecule has 0 aliphatic carbocycles. The molecule has 0 saturated carbocycles. The number of nitrogens with zero attached hydrogens (tertiary/aromatic N) is 2. The van der Waals surface area contributed by atoms with Gasteiger partial charge in [-0.15, -0.1) is 0 Å². The maximum Gasteiger partial charge on any atom is 0.334 e. The summed E-state index contributed by atoms with van der Waals surface area (Å²) in [5.74, 6) is -2.28. The number of hydrogen-bond donors (Lipinski definition) is 1. The Labute approximate surface area is 153 Å². The molecule has 1 aliphatic rings. The molecule has 0 radical (unpaired) electrons. The van der Waals surface area contributed by atoms with Crippen LogP contribution in [0.4, 0.5) is 4.79 Å². The molecule has 26 heavy (non-hydrogen) atoms. The third-order valence-electron chi connectivity index (χ3n) is 4.39. The number of urea groups is 1. The van der Waals surface area contributed by atoms with Crippen molar-refractivity contribution < 1.29 is 19.2 Å². The summed E-state index contributed by atoms with van der Waals surface area (Å²) in [5, 5.41) is 2.77. The van der Waals surface area contributed by atoms with Gasteiger partial charge >= 0.3 is 17.8 Å². The van der Waals surface area contributed by atoms with Crippen LogP contribution in [0.2, 0.25) is 0 Å². The first-order chi connectivity index (χ1) is 12.1. The SMILES string of the molecule is Cc1ccc([C@H](C)NC(=O)CN2C(=O)C(=O)N(CC(C)C)C2=O)cc1C. The van der Waals surface area contributed by atoms with Crippen LogP contribution in [-0.4, -0.2) is 46.6 Å². The second-order valence-corrected chi connectivity index (χ2v) is 7.12. The summed E-state index contributed by atoms with van der Waals surface area (Å²) in [6, 6.07) is 4.87. The fourth-order valence-corrected chi connectivity index (χ4v) is 2.76. The summed E-state index contributed by atoms with van der Waals surface area (Å²) in [6.07, 6.45) is 0. The second kappa shape index (κ2) is 7.68. The van der Waals surface area contributed by atoms with Crippen molar-refractivity contribution in [1.82, 2.24) is 15.1 Å². The molecule has 0 bridgehead atoms. The van der Waals surface area contributed by atoms with E-state index < -0.39 is 30.3 Å². The summed E-state index contributed by atoms with van der Waals surface area (Å²) in [6.45, 7) is 9.19. The van der Waals surface area contributed by atoms with Gasteiger partial charge in [0.1, 0.15) is 6.54 Å². The molecule has 1 aromatic rings. The Morgan fingerprint density at radius 2 is 1.62 bits per heavy atom. The number of carbonyl (C=O) groups excluding carboxylic acids is 4. The van der Waals surface area contributed by atoms with Crippen LogP contribution >= 0.6 is 0 Å². The molecule has 0 spiro atoms. The Morgan fingerprint density at radius 3 is 2.19 bits per heavy atom. The van der Waals surface area contributed by atoms with Gasteiger partial charge < -0.3 is 5.32 Å². The summed E-state index contributed by atoms with van der Waals surface area (Å²) in [7, 11) is 0. The topological polar surface area (TPSA) is 86.8 Å². The molecule has 7 nitrogen and oxygen atoms in total. The standard InChI is InChI=1S/C19H25N3O4/c1-11(2)9-21-17(24)18(25)22(19(21)26)10-16(23)20-14(5)15-7-6-12(3)13(4)8-15/h6-8,11,14H,9-10H2,1-5H3,(H,20,23)/t14-/m0/s1. The predicted octanol–water partition coefficient (Wildman–Crippen LogP) is 1.93. The van der Waals surface area contributed by atoms with Gasteiger partial charge in [0, 0.05) is 6.54 Å². The van der Waals surface area contributed by atoms with Crippen molar-refractivity contribution in [1.29, 1.82) is 0 Å². The van der Waals surface area contributed by atoms with Gasteiger partial charge in [0.25, 0.3) is 0 Å². The number of benzene rings is 1. The van der Waals surface area contributed by atoms with Gasteiger partial charge in [0.05, 0.1) is 6.04 Å². The molecule has 140 valence electrons. The Hall–Kier alpha value is -2.70. The average Bonchev–Trinajstić information content (AvgIpc) is 2.75. The van der Waals surface area contributed by atoms with Crippen LogP contribution in [0.3, 0.4) is 0 Å². The second-order valence-electron chi connectivity index (χ2n) is 7.12. The lowest BCUT2D eigenvalue weighted by Crippen LogP contribution is -2.42.